The zero-order chi connectivity index (χ0) is 10.6. The van der Waals surface area contributed by atoms with E-state index < -0.39 is 0 Å². The minimum Gasteiger partial charge on any atom is -0.411 e. The number of hydrogen-bond acceptors (Lipinski definition) is 2. The van der Waals surface area contributed by atoms with Crippen molar-refractivity contribution < 1.29 is 5.21 Å². The van der Waals surface area contributed by atoms with Gasteiger partial charge in [-0.25, -0.2) is 0 Å². The van der Waals surface area contributed by atoms with Crippen LogP contribution in [0, 0.1) is 0 Å². The summed E-state index contributed by atoms with van der Waals surface area (Å²) >= 11 is 3.37. The van der Waals surface area contributed by atoms with Crippen LogP contribution in [0.15, 0.2) is 39.5 Å². The molecular weight excluding hydrogens is 242 g/mol. The van der Waals surface area contributed by atoms with Crippen molar-refractivity contribution >= 4 is 27.7 Å². The minimum absolute atomic E-state index is 0.632. The van der Waals surface area contributed by atoms with Crippen LogP contribution in [-0.4, -0.2) is 10.9 Å². The van der Waals surface area contributed by atoms with E-state index in [1.54, 1.807) is 6.92 Å². The van der Waals surface area contributed by atoms with Gasteiger partial charge in [-0.1, -0.05) is 39.3 Å². The molecule has 0 aliphatic rings. The lowest BCUT2D eigenvalue weighted by Crippen LogP contribution is -1.92. The number of benzene rings is 1. The van der Waals surface area contributed by atoms with Crippen molar-refractivity contribution in [1.82, 2.24) is 0 Å². The predicted octanol–water partition coefficient (Wildman–Crippen LogP) is 3.70. The fraction of sp³-hybridized carbons (Fsp3) is 0.182. The highest BCUT2D eigenvalue weighted by molar-refractivity contribution is 9.10. The number of allylic oxidation sites excluding steroid dienone is 1. The number of hydrogen-bond donors (Lipinski definition) is 1. The maximum atomic E-state index is 8.57. The molecule has 0 atom stereocenters. The van der Waals surface area contributed by atoms with E-state index in [9.17, 15) is 0 Å². The molecule has 0 fully saturated rings. The van der Waals surface area contributed by atoms with Gasteiger partial charge in [0.05, 0.1) is 5.71 Å². The Morgan fingerprint density at radius 1 is 1.29 bits per heavy atom. The minimum atomic E-state index is 0.632. The lowest BCUT2D eigenvalue weighted by atomic mass is 10.1. The van der Waals surface area contributed by atoms with E-state index in [-0.39, 0.29) is 0 Å². The molecule has 1 N–H and O–H groups in total. The summed E-state index contributed by atoms with van der Waals surface area (Å²) in [5.41, 5.74) is 2.68. The van der Waals surface area contributed by atoms with Crippen molar-refractivity contribution in [3.05, 3.63) is 39.9 Å². The van der Waals surface area contributed by atoms with Crippen LogP contribution in [0.1, 0.15) is 19.4 Å². The van der Waals surface area contributed by atoms with E-state index in [0.29, 0.717) is 5.71 Å². The van der Waals surface area contributed by atoms with E-state index in [1.165, 1.54) is 0 Å². The zero-order valence-electron chi connectivity index (χ0n) is 8.16. The molecule has 74 valence electrons. The van der Waals surface area contributed by atoms with E-state index in [1.807, 2.05) is 37.3 Å². The Bertz CT molecular complexity index is 365. The van der Waals surface area contributed by atoms with Crippen LogP contribution in [0.4, 0.5) is 0 Å². The summed E-state index contributed by atoms with van der Waals surface area (Å²) in [7, 11) is 0. The molecule has 0 heterocycles. The second kappa shape index (κ2) is 4.96. The van der Waals surface area contributed by atoms with Crippen LogP contribution in [0.2, 0.25) is 0 Å². The molecule has 1 rings (SSSR count). The quantitative estimate of drug-likeness (QED) is 0.487. The van der Waals surface area contributed by atoms with Gasteiger partial charge in [0, 0.05) is 4.47 Å². The molecule has 0 amide bonds. The lowest BCUT2D eigenvalue weighted by Gasteiger charge is -1.98. The maximum Gasteiger partial charge on any atom is 0.0794 e. The highest BCUT2D eigenvalue weighted by atomic mass is 79.9. The Kier molecular flexibility index (Phi) is 3.89. The molecule has 0 bridgehead atoms. The van der Waals surface area contributed by atoms with E-state index in [4.69, 9.17) is 5.21 Å². The summed E-state index contributed by atoms with van der Waals surface area (Å²) in [6, 6.07) is 7.95. The first-order chi connectivity index (χ1) is 6.63. The molecule has 0 saturated heterocycles. The molecule has 0 aliphatic heterocycles. The summed E-state index contributed by atoms with van der Waals surface area (Å²) in [6.45, 7) is 3.68. The fourth-order valence-corrected chi connectivity index (χ4v) is 1.26. The van der Waals surface area contributed by atoms with Crippen LogP contribution in [0.25, 0.3) is 6.08 Å². The van der Waals surface area contributed by atoms with Crippen LogP contribution < -0.4 is 0 Å². The van der Waals surface area contributed by atoms with Gasteiger partial charge in [-0.2, -0.15) is 0 Å². The van der Waals surface area contributed by atoms with E-state index in [0.717, 1.165) is 15.6 Å². The van der Waals surface area contributed by atoms with Crippen LogP contribution >= 0.6 is 15.9 Å². The first-order valence-electron chi connectivity index (χ1n) is 4.26. The topological polar surface area (TPSA) is 32.6 Å². The molecule has 3 heteroatoms. The largest absolute Gasteiger partial charge is 0.411 e. The average Bonchev–Trinajstić information content (AvgIpc) is 2.20. The fourth-order valence-electron chi connectivity index (χ4n) is 0.992. The van der Waals surface area contributed by atoms with Gasteiger partial charge in [-0.05, 0) is 37.1 Å². The Morgan fingerprint density at radius 3 is 2.36 bits per heavy atom. The highest BCUT2D eigenvalue weighted by Crippen LogP contribution is 2.13. The lowest BCUT2D eigenvalue weighted by molar-refractivity contribution is 0.319. The molecule has 0 spiro atoms. The van der Waals surface area contributed by atoms with Crippen LogP contribution in [0.3, 0.4) is 0 Å². The molecule has 0 saturated carbocycles. The van der Waals surface area contributed by atoms with Crippen molar-refractivity contribution in [1.29, 1.82) is 0 Å². The molecule has 1 aromatic carbocycles. The van der Waals surface area contributed by atoms with Crippen molar-refractivity contribution in [2.24, 2.45) is 5.16 Å². The van der Waals surface area contributed by atoms with Gasteiger partial charge in [0.1, 0.15) is 0 Å². The van der Waals surface area contributed by atoms with Gasteiger partial charge in [0.25, 0.3) is 0 Å². The third kappa shape index (κ3) is 3.00. The van der Waals surface area contributed by atoms with Crippen molar-refractivity contribution in [2.45, 2.75) is 13.8 Å². The molecule has 0 unspecified atom stereocenters. The maximum absolute atomic E-state index is 8.57. The summed E-state index contributed by atoms with van der Waals surface area (Å²) in [4.78, 5) is 0. The third-order valence-electron chi connectivity index (χ3n) is 1.97. The van der Waals surface area contributed by atoms with Crippen LogP contribution in [-0.2, 0) is 0 Å². The number of oxime groups is 1. The number of nitrogens with zero attached hydrogens (tertiary/aromatic N) is 1. The van der Waals surface area contributed by atoms with Gasteiger partial charge in [-0.3, -0.25) is 0 Å². The normalized spacial score (nSPS) is 13.1. The van der Waals surface area contributed by atoms with Crippen LogP contribution in [0.5, 0.6) is 0 Å². The van der Waals surface area contributed by atoms with Gasteiger partial charge >= 0.3 is 0 Å². The second-order valence-electron chi connectivity index (χ2n) is 3.06. The van der Waals surface area contributed by atoms with E-state index in [2.05, 4.69) is 21.1 Å². The molecule has 14 heavy (non-hydrogen) atoms. The molecule has 1 aromatic rings. The third-order valence-corrected chi connectivity index (χ3v) is 2.50. The second-order valence-corrected chi connectivity index (χ2v) is 3.98. The summed E-state index contributed by atoms with van der Waals surface area (Å²) in [5.74, 6) is 0. The summed E-state index contributed by atoms with van der Waals surface area (Å²) in [6.07, 6.45) is 1.97. The van der Waals surface area contributed by atoms with Gasteiger partial charge in [0.2, 0.25) is 0 Å². The van der Waals surface area contributed by atoms with Gasteiger partial charge in [-0.15, -0.1) is 0 Å². The average molecular weight is 254 g/mol. The zero-order valence-corrected chi connectivity index (χ0v) is 9.75. The molecule has 0 aliphatic carbocycles. The number of halogens is 1. The van der Waals surface area contributed by atoms with Crippen molar-refractivity contribution in [3.8, 4) is 0 Å². The van der Waals surface area contributed by atoms with Gasteiger partial charge in [0.15, 0.2) is 0 Å². The van der Waals surface area contributed by atoms with Crippen molar-refractivity contribution in [2.75, 3.05) is 0 Å². The predicted molar refractivity (Wildman–Crippen MR) is 62.7 cm³/mol. The monoisotopic (exact) mass is 253 g/mol. The number of rotatable bonds is 2. The van der Waals surface area contributed by atoms with Gasteiger partial charge < -0.3 is 5.21 Å². The Labute approximate surface area is 92.1 Å². The Morgan fingerprint density at radius 2 is 1.86 bits per heavy atom. The summed E-state index contributed by atoms with van der Waals surface area (Å²) in [5, 5.41) is 11.7. The highest BCUT2D eigenvalue weighted by Gasteiger charge is 1.95. The first-order valence-corrected chi connectivity index (χ1v) is 5.05. The smallest absolute Gasteiger partial charge is 0.0794 e. The first kappa shape index (κ1) is 11.0. The summed E-state index contributed by atoms with van der Waals surface area (Å²) < 4.78 is 1.06. The molecule has 0 radical (unpaired) electrons. The SMILES string of the molecule is CC(=C/c1ccc(Br)cc1)/C(C)=N/O. The van der Waals surface area contributed by atoms with Crippen molar-refractivity contribution in [3.63, 3.8) is 0 Å². The Hall–Kier alpha value is -1.09. The molecule has 0 aromatic heterocycles. The van der Waals surface area contributed by atoms with E-state index >= 15 is 0 Å². The Balaban J connectivity index is 2.92. The molecule has 2 nitrogen and oxygen atoms in total. The standard InChI is InChI=1S/C11H12BrNO/c1-8(9(2)13-14)7-10-3-5-11(12)6-4-10/h3-7,14H,1-2H3/b8-7-,13-9+. The molecular formula is C11H12BrNO.